The number of hydrogen-bond acceptors (Lipinski definition) is 4. The van der Waals surface area contributed by atoms with Crippen molar-refractivity contribution in [2.45, 2.75) is 30.4 Å². The van der Waals surface area contributed by atoms with Crippen LogP contribution in [0, 0.1) is 17.2 Å². The molecule has 0 amide bonds. The van der Waals surface area contributed by atoms with Gasteiger partial charge in [-0.1, -0.05) is 36.4 Å². The molecule has 0 spiro atoms. The molecule has 0 radical (unpaired) electrons. The molecule has 3 atom stereocenters. The average Bonchev–Trinajstić information content (AvgIpc) is 3.75. The summed E-state index contributed by atoms with van der Waals surface area (Å²) in [6, 6.07) is 20.2. The number of nitrogens with zero attached hydrogens (tertiary/aromatic N) is 2. The van der Waals surface area contributed by atoms with Gasteiger partial charge in [-0.05, 0) is 54.3 Å². The van der Waals surface area contributed by atoms with Crippen molar-refractivity contribution >= 4 is 39.2 Å². The van der Waals surface area contributed by atoms with Gasteiger partial charge >= 0.3 is 5.97 Å². The number of thiophene rings is 1. The molecule has 1 N–H and O–H groups in total. The minimum absolute atomic E-state index is 0.00785. The molecule has 2 aliphatic rings. The van der Waals surface area contributed by atoms with E-state index in [0.29, 0.717) is 11.3 Å². The van der Waals surface area contributed by atoms with Gasteiger partial charge in [0, 0.05) is 22.1 Å². The van der Waals surface area contributed by atoms with Crippen molar-refractivity contribution in [1.82, 2.24) is 3.97 Å². The second-order valence-electron chi connectivity index (χ2n) is 8.70. The maximum Gasteiger partial charge on any atom is 0.307 e. The number of hydrogen-bond donors (Lipinski definition) is 1. The Labute approximate surface area is 197 Å². The molecule has 2 saturated carbocycles. The number of rotatable bonds is 6. The Bertz CT molecular complexity index is 1490. The van der Waals surface area contributed by atoms with E-state index in [0.717, 1.165) is 51.7 Å². The zero-order chi connectivity index (χ0) is 22.7. The SMILES string of the molecule is N#Cc1sccc1-c1c(-c2cccc(C3CC3C(=O)O)c2)n(S(=O)C2CC2)c2ccccc12. The zero-order valence-electron chi connectivity index (χ0n) is 17.6. The van der Waals surface area contributed by atoms with Crippen LogP contribution in [-0.2, 0) is 15.8 Å². The monoisotopic (exact) mass is 472 g/mol. The number of carboxylic acids is 1. The van der Waals surface area contributed by atoms with E-state index >= 15 is 0 Å². The number of carboxylic acid groups (broad SMARTS) is 1. The maximum atomic E-state index is 13.7. The van der Waals surface area contributed by atoms with Crippen LogP contribution in [0.25, 0.3) is 33.3 Å². The third kappa shape index (κ3) is 3.33. The van der Waals surface area contributed by atoms with E-state index in [9.17, 15) is 19.4 Å². The Balaban J connectivity index is 1.64. The number of para-hydroxylation sites is 1. The highest BCUT2D eigenvalue weighted by atomic mass is 32.2. The Hall–Kier alpha value is -3.21. The van der Waals surface area contributed by atoms with Gasteiger partial charge in [-0.2, -0.15) is 5.26 Å². The van der Waals surface area contributed by atoms with Crippen molar-refractivity contribution in [3.63, 3.8) is 0 Å². The topological polar surface area (TPSA) is 83.1 Å². The Kier molecular flexibility index (Phi) is 4.75. The molecular weight excluding hydrogens is 452 g/mol. The van der Waals surface area contributed by atoms with Gasteiger partial charge in [-0.3, -0.25) is 8.77 Å². The van der Waals surface area contributed by atoms with Crippen LogP contribution in [-0.4, -0.2) is 24.5 Å². The fraction of sp³-hybridized carbons (Fsp3) is 0.231. The molecule has 4 aromatic rings. The van der Waals surface area contributed by atoms with Crippen molar-refractivity contribution in [3.05, 3.63) is 70.4 Å². The van der Waals surface area contributed by atoms with E-state index < -0.39 is 17.0 Å². The molecule has 0 saturated heterocycles. The minimum atomic E-state index is -1.23. The lowest BCUT2D eigenvalue weighted by molar-refractivity contribution is -0.138. The Morgan fingerprint density at radius 3 is 2.70 bits per heavy atom. The van der Waals surface area contributed by atoms with E-state index in [2.05, 4.69) is 6.07 Å². The Morgan fingerprint density at radius 2 is 1.97 bits per heavy atom. The van der Waals surface area contributed by atoms with Crippen LogP contribution < -0.4 is 0 Å². The molecule has 2 aliphatic carbocycles. The van der Waals surface area contributed by atoms with Gasteiger partial charge in [0.2, 0.25) is 0 Å². The molecule has 2 fully saturated rings. The van der Waals surface area contributed by atoms with Gasteiger partial charge < -0.3 is 5.11 Å². The molecule has 2 aromatic heterocycles. The smallest absolute Gasteiger partial charge is 0.307 e. The van der Waals surface area contributed by atoms with Gasteiger partial charge in [0.25, 0.3) is 0 Å². The van der Waals surface area contributed by atoms with E-state index in [1.165, 1.54) is 11.3 Å². The molecule has 3 unspecified atom stereocenters. The quantitative estimate of drug-likeness (QED) is 0.386. The first-order valence-electron chi connectivity index (χ1n) is 10.9. The molecule has 164 valence electrons. The summed E-state index contributed by atoms with van der Waals surface area (Å²) in [7, 11) is -1.23. The van der Waals surface area contributed by atoms with E-state index in [-0.39, 0.29) is 17.1 Å². The summed E-state index contributed by atoms with van der Waals surface area (Å²) in [4.78, 5) is 12.1. The van der Waals surface area contributed by atoms with E-state index in [1.807, 2.05) is 63.9 Å². The normalized spacial score (nSPS) is 20.5. The number of fused-ring (bicyclic) bond motifs is 1. The number of aromatic nitrogens is 1. The second-order valence-corrected chi connectivity index (χ2v) is 11.2. The van der Waals surface area contributed by atoms with Crippen molar-refractivity contribution in [2.24, 2.45) is 5.92 Å². The van der Waals surface area contributed by atoms with Gasteiger partial charge in [0.05, 0.1) is 22.4 Å². The third-order valence-electron chi connectivity index (χ3n) is 6.55. The predicted octanol–water partition coefficient (Wildman–Crippen LogP) is 5.77. The molecular formula is C26H20N2O3S2. The van der Waals surface area contributed by atoms with Crippen LogP contribution >= 0.6 is 11.3 Å². The molecule has 0 aliphatic heterocycles. The number of aliphatic carboxylic acids is 1. The summed E-state index contributed by atoms with van der Waals surface area (Å²) in [6.45, 7) is 0. The van der Waals surface area contributed by atoms with E-state index in [4.69, 9.17) is 0 Å². The Morgan fingerprint density at radius 1 is 1.15 bits per heavy atom. The van der Waals surface area contributed by atoms with Gasteiger partial charge in [0.1, 0.15) is 21.9 Å². The largest absolute Gasteiger partial charge is 0.481 e. The van der Waals surface area contributed by atoms with Crippen molar-refractivity contribution in [1.29, 1.82) is 5.26 Å². The summed E-state index contributed by atoms with van der Waals surface area (Å²) in [5.74, 6) is -1.09. The third-order valence-corrected chi connectivity index (χ3v) is 9.15. The maximum absolute atomic E-state index is 13.7. The second kappa shape index (κ2) is 7.68. The van der Waals surface area contributed by atoms with Crippen LogP contribution in [0.2, 0.25) is 0 Å². The van der Waals surface area contributed by atoms with Crippen molar-refractivity contribution in [2.75, 3.05) is 0 Å². The van der Waals surface area contributed by atoms with Gasteiger partial charge in [-0.25, -0.2) is 4.21 Å². The summed E-state index contributed by atoms with van der Waals surface area (Å²) in [6.07, 6.45) is 2.53. The van der Waals surface area contributed by atoms with Crippen LogP contribution in [0.5, 0.6) is 0 Å². The standard InChI is InChI=1S/C26H20N2O3S2/c27-14-23-19(10-11-32-23)24-18-6-1-2-7-22(18)28(33(31)17-8-9-17)25(24)16-5-3-4-15(12-16)20-13-21(20)26(29)30/h1-7,10-12,17,20-21H,8-9,13H2,(H,29,30). The molecule has 0 bridgehead atoms. The predicted molar refractivity (Wildman–Crippen MR) is 130 cm³/mol. The zero-order valence-corrected chi connectivity index (χ0v) is 19.2. The number of nitriles is 1. The highest BCUT2D eigenvalue weighted by Gasteiger charge is 2.44. The van der Waals surface area contributed by atoms with Crippen LogP contribution in [0.1, 0.15) is 35.6 Å². The summed E-state index contributed by atoms with van der Waals surface area (Å²) in [5.41, 5.74) is 5.39. The molecule has 7 heteroatoms. The summed E-state index contributed by atoms with van der Waals surface area (Å²) < 4.78 is 15.6. The fourth-order valence-electron chi connectivity index (χ4n) is 4.70. The first-order chi connectivity index (χ1) is 16.1. The highest BCUT2D eigenvalue weighted by molar-refractivity contribution is 7.84. The van der Waals surface area contributed by atoms with E-state index in [1.54, 1.807) is 0 Å². The molecule has 2 heterocycles. The highest BCUT2D eigenvalue weighted by Crippen LogP contribution is 2.50. The minimum Gasteiger partial charge on any atom is -0.481 e. The lowest BCUT2D eigenvalue weighted by atomic mass is 9.97. The molecule has 6 rings (SSSR count). The fourth-order valence-corrected chi connectivity index (χ4v) is 6.95. The average molecular weight is 473 g/mol. The van der Waals surface area contributed by atoms with Gasteiger partial charge in [0.15, 0.2) is 0 Å². The van der Waals surface area contributed by atoms with Crippen molar-refractivity contribution in [3.8, 4) is 28.5 Å². The summed E-state index contributed by atoms with van der Waals surface area (Å²) >= 11 is 1.40. The number of benzene rings is 2. The first kappa shape index (κ1) is 20.4. The number of carbonyl (C=O) groups is 1. The van der Waals surface area contributed by atoms with Crippen molar-refractivity contribution < 1.29 is 14.1 Å². The lowest BCUT2D eigenvalue weighted by Crippen LogP contribution is -2.10. The lowest BCUT2D eigenvalue weighted by Gasteiger charge is -2.13. The van der Waals surface area contributed by atoms with Gasteiger partial charge in [-0.15, -0.1) is 11.3 Å². The van der Waals surface area contributed by atoms with Crippen LogP contribution in [0.3, 0.4) is 0 Å². The summed E-state index contributed by atoms with van der Waals surface area (Å²) in [5, 5.41) is 22.2. The first-order valence-corrected chi connectivity index (χ1v) is 13.0. The molecule has 33 heavy (non-hydrogen) atoms. The van der Waals surface area contributed by atoms with Crippen LogP contribution in [0.15, 0.2) is 60.0 Å². The molecule has 5 nitrogen and oxygen atoms in total. The molecule has 2 aromatic carbocycles. The van der Waals surface area contributed by atoms with Crippen LogP contribution in [0.4, 0.5) is 0 Å².